The molecule has 0 unspecified atom stereocenters. The van der Waals surface area contributed by atoms with Crippen LogP contribution >= 0.6 is 23.4 Å². The standard InChI is InChI=1S/C17H13ClN2O3S/c18-13-8-6-12(7-9-13)15(21)11-24-17-20-19-16(23-17)10-22-14-4-2-1-3-5-14/h1-9H,10-11H2. The van der Waals surface area contributed by atoms with Gasteiger partial charge < -0.3 is 9.15 Å². The summed E-state index contributed by atoms with van der Waals surface area (Å²) in [5, 5.41) is 8.74. The number of ether oxygens (including phenoxy) is 1. The second-order valence-corrected chi connectivity index (χ2v) is 6.15. The molecule has 0 saturated heterocycles. The van der Waals surface area contributed by atoms with Crippen LogP contribution in [0.5, 0.6) is 5.75 Å². The third-order valence-electron chi connectivity index (χ3n) is 3.05. The topological polar surface area (TPSA) is 65.2 Å². The van der Waals surface area contributed by atoms with Crippen molar-refractivity contribution in [2.75, 3.05) is 5.75 Å². The Morgan fingerprint density at radius 1 is 1.08 bits per heavy atom. The molecule has 1 aromatic heterocycles. The van der Waals surface area contributed by atoms with Gasteiger partial charge in [-0.3, -0.25) is 4.79 Å². The van der Waals surface area contributed by atoms with E-state index in [-0.39, 0.29) is 18.1 Å². The Bertz CT molecular complexity index is 806. The highest BCUT2D eigenvalue weighted by molar-refractivity contribution is 7.99. The van der Waals surface area contributed by atoms with E-state index in [0.717, 1.165) is 5.75 Å². The first-order valence-corrected chi connectivity index (χ1v) is 8.49. The molecule has 7 heteroatoms. The van der Waals surface area contributed by atoms with Gasteiger partial charge in [0.1, 0.15) is 5.75 Å². The fourth-order valence-electron chi connectivity index (χ4n) is 1.86. The van der Waals surface area contributed by atoms with E-state index in [4.69, 9.17) is 20.8 Å². The molecular weight excluding hydrogens is 348 g/mol. The van der Waals surface area contributed by atoms with E-state index in [0.29, 0.717) is 21.7 Å². The van der Waals surface area contributed by atoms with Crippen molar-refractivity contribution in [3.63, 3.8) is 0 Å². The zero-order valence-corrected chi connectivity index (χ0v) is 14.1. The van der Waals surface area contributed by atoms with E-state index < -0.39 is 0 Å². The van der Waals surface area contributed by atoms with E-state index >= 15 is 0 Å². The van der Waals surface area contributed by atoms with Crippen molar-refractivity contribution in [1.29, 1.82) is 0 Å². The van der Waals surface area contributed by atoms with Crippen LogP contribution < -0.4 is 4.74 Å². The molecule has 0 atom stereocenters. The van der Waals surface area contributed by atoms with Crippen LogP contribution in [0.15, 0.2) is 64.2 Å². The van der Waals surface area contributed by atoms with Crippen LogP contribution in [0.4, 0.5) is 0 Å². The van der Waals surface area contributed by atoms with Gasteiger partial charge in [-0.2, -0.15) is 0 Å². The van der Waals surface area contributed by atoms with Crippen LogP contribution in [-0.2, 0) is 6.61 Å². The average Bonchev–Trinajstić information content (AvgIpc) is 3.07. The lowest BCUT2D eigenvalue weighted by molar-refractivity contribution is 0.102. The molecule has 0 fully saturated rings. The van der Waals surface area contributed by atoms with E-state index in [1.165, 1.54) is 11.8 Å². The zero-order chi connectivity index (χ0) is 16.8. The van der Waals surface area contributed by atoms with E-state index in [1.54, 1.807) is 24.3 Å². The van der Waals surface area contributed by atoms with Crippen molar-refractivity contribution in [2.45, 2.75) is 11.8 Å². The summed E-state index contributed by atoms with van der Waals surface area (Å²) in [5.41, 5.74) is 0.596. The summed E-state index contributed by atoms with van der Waals surface area (Å²) < 4.78 is 11.0. The highest BCUT2D eigenvalue weighted by atomic mass is 35.5. The second kappa shape index (κ2) is 7.99. The fraction of sp³-hybridized carbons (Fsp3) is 0.118. The van der Waals surface area contributed by atoms with Gasteiger partial charge in [-0.15, -0.1) is 10.2 Å². The summed E-state index contributed by atoms with van der Waals surface area (Å²) in [6, 6.07) is 16.1. The summed E-state index contributed by atoms with van der Waals surface area (Å²) in [6.07, 6.45) is 0. The second-order valence-electron chi connectivity index (χ2n) is 4.78. The normalized spacial score (nSPS) is 10.5. The minimum atomic E-state index is -0.0306. The van der Waals surface area contributed by atoms with Crippen molar-refractivity contribution in [2.24, 2.45) is 0 Å². The van der Waals surface area contributed by atoms with Crippen LogP contribution in [0.2, 0.25) is 5.02 Å². The number of hydrogen-bond acceptors (Lipinski definition) is 6. The van der Waals surface area contributed by atoms with E-state index in [9.17, 15) is 4.79 Å². The molecule has 122 valence electrons. The smallest absolute Gasteiger partial charge is 0.277 e. The largest absolute Gasteiger partial charge is 0.484 e. The zero-order valence-electron chi connectivity index (χ0n) is 12.5. The highest BCUT2D eigenvalue weighted by Crippen LogP contribution is 2.19. The first kappa shape index (κ1) is 16.5. The number of ketones is 1. The molecule has 0 aliphatic carbocycles. The third-order valence-corrected chi connectivity index (χ3v) is 4.12. The molecule has 0 aliphatic heterocycles. The maximum atomic E-state index is 12.1. The fourth-order valence-corrected chi connectivity index (χ4v) is 2.66. The Morgan fingerprint density at radius 2 is 1.83 bits per heavy atom. The number of nitrogens with zero attached hydrogens (tertiary/aromatic N) is 2. The Labute approximate surface area is 148 Å². The van der Waals surface area contributed by atoms with Crippen molar-refractivity contribution in [3.8, 4) is 5.75 Å². The van der Waals surface area contributed by atoms with Crippen LogP contribution in [0.3, 0.4) is 0 Å². The Hall–Kier alpha value is -2.31. The molecule has 2 aromatic carbocycles. The molecular formula is C17H13ClN2O3S. The van der Waals surface area contributed by atoms with Crippen molar-refractivity contribution < 1.29 is 13.9 Å². The molecule has 0 N–H and O–H groups in total. The number of thioether (sulfide) groups is 1. The van der Waals surface area contributed by atoms with Gasteiger partial charge in [-0.05, 0) is 36.4 Å². The SMILES string of the molecule is O=C(CSc1nnc(COc2ccccc2)o1)c1ccc(Cl)cc1. The molecule has 5 nitrogen and oxygen atoms in total. The van der Waals surface area contributed by atoms with E-state index in [2.05, 4.69) is 10.2 Å². The third kappa shape index (κ3) is 4.59. The lowest BCUT2D eigenvalue weighted by atomic mass is 10.1. The van der Waals surface area contributed by atoms with Gasteiger partial charge in [0.15, 0.2) is 12.4 Å². The number of carbonyl (C=O) groups is 1. The maximum Gasteiger partial charge on any atom is 0.277 e. The molecule has 3 aromatic rings. The number of rotatable bonds is 7. The van der Waals surface area contributed by atoms with Gasteiger partial charge in [-0.25, -0.2) is 0 Å². The average molecular weight is 361 g/mol. The van der Waals surface area contributed by atoms with Crippen molar-refractivity contribution in [1.82, 2.24) is 10.2 Å². The number of benzene rings is 2. The predicted octanol–water partition coefficient (Wildman–Crippen LogP) is 4.28. The summed E-state index contributed by atoms with van der Waals surface area (Å²) >= 11 is 7.00. The van der Waals surface area contributed by atoms with Gasteiger partial charge in [0, 0.05) is 10.6 Å². The first-order chi connectivity index (χ1) is 11.7. The van der Waals surface area contributed by atoms with Crippen molar-refractivity contribution >= 4 is 29.1 Å². The molecule has 0 amide bonds. The number of para-hydroxylation sites is 1. The first-order valence-electron chi connectivity index (χ1n) is 7.12. The Morgan fingerprint density at radius 3 is 2.58 bits per heavy atom. The Balaban J connectivity index is 1.50. The number of Topliss-reactive ketones (excluding diaryl/α,β-unsaturated/α-hetero) is 1. The summed E-state index contributed by atoms with van der Waals surface area (Å²) in [6.45, 7) is 0.183. The molecule has 0 spiro atoms. The number of aromatic nitrogens is 2. The van der Waals surface area contributed by atoms with Gasteiger partial charge in [0.2, 0.25) is 0 Å². The summed E-state index contributed by atoms with van der Waals surface area (Å²) in [4.78, 5) is 12.1. The van der Waals surface area contributed by atoms with Gasteiger partial charge >= 0.3 is 0 Å². The highest BCUT2D eigenvalue weighted by Gasteiger charge is 2.11. The van der Waals surface area contributed by atoms with Crippen LogP contribution in [0.25, 0.3) is 0 Å². The van der Waals surface area contributed by atoms with Gasteiger partial charge in [0.05, 0.1) is 5.75 Å². The van der Waals surface area contributed by atoms with Crippen LogP contribution in [0.1, 0.15) is 16.2 Å². The predicted molar refractivity (Wildman–Crippen MR) is 91.6 cm³/mol. The van der Waals surface area contributed by atoms with Crippen LogP contribution in [0, 0.1) is 0 Å². The molecule has 0 radical (unpaired) electrons. The minimum Gasteiger partial charge on any atom is -0.484 e. The van der Waals surface area contributed by atoms with Crippen LogP contribution in [-0.4, -0.2) is 21.7 Å². The van der Waals surface area contributed by atoms with Gasteiger partial charge in [0.25, 0.3) is 11.1 Å². The number of halogens is 1. The summed E-state index contributed by atoms with van der Waals surface area (Å²) in [7, 11) is 0. The monoisotopic (exact) mass is 360 g/mol. The van der Waals surface area contributed by atoms with E-state index in [1.807, 2.05) is 30.3 Å². The quantitative estimate of drug-likeness (QED) is 0.463. The molecule has 0 aliphatic rings. The lowest BCUT2D eigenvalue weighted by Gasteiger charge is -2.01. The Kier molecular flexibility index (Phi) is 5.51. The van der Waals surface area contributed by atoms with Gasteiger partial charge in [-0.1, -0.05) is 41.6 Å². The molecule has 0 saturated carbocycles. The number of hydrogen-bond donors (Lipinski definition) is 0. The maximum absolute atomic E-state index is 12.1. The summed E-state index contributed by atoms with van der Waals surface area (Å²) in [5.74, 6) is 1.27. The van der Waals surface area contributed by atoms with Crippen molar-refractivity contribution in [3.05, 3.63) is 71.1 Å². The molecule has 1 heterocycles. The lowest BCUT2D eigenvalue weighted by Crippen LogP contribution is -2.01. The molecule has 3 rings (SSSR count). The minimum absolute atomic E-state index is 0.0306. The number of carbonyl (C=O) groups excluding carboxylic acids is 1. The molecule has 24 heavy (non-hydrogen) atoms. The molecule has 0 bridgehead atoms.